The van der Waals surface area contributed by atoms with Crippen LogP contribution < -0.4 is 11.3 Å². The number of hydrazine groups is 1. The molecule has 0 radical (unpaired) electrons. The monoisotopic (exact) mass is 332 g/mol. The van der Waals surface area contributed by atoms with Crippen LogP contribution in [0.5, 0.6) is 0 Å². The van der Waals surface area contributed by atoms with Gasteiger partial charge in [-0.05, 0) is 36.1 Å². The van der Waals surface area contributed by atoms with Gasteiger partial charge in [-0.2, -0.15) is 0 Å². The summed E-state index contributed by atoms with van der Waals surface area (Å²) in [6.45, 7) is 0. The molecule has 23 heavy (non-hydrogen) atoms. The lowest BCUT2D eigenvalue weighted by atomic mass is 9.99. The molecule has 0 unspecified atom stereocenters. The van der Waals surface area contributed by atoms with Crippen LogP contribution in [0.25, 0.3) is 0 Å². The van der Waals surface area contributed by atoms with Crippen molar-refractivity contribution in [1.82, 2.24) is 10.4 Å². The van der Waals surface area contributed by atoms with Crippen LogP contribution in [0.15, 0.2) is 52.6 Å². The third-order valence-electron chi connectivity index (χ3n) is 3.51. The zero-order valence-corrected chi connectivity index (χ0v) is 14.0. The Morgan fingerprint density at radius 2 is 2.04 bits per heavy atom. The van der Waals surface area contributed by atoms with Crippen molar-refractivity contribution in [3.05, 3.63) is 59.4 Å². The normalized spacial score (nSPS) is 12.2. The minimum absolute atomic E-state index is 0.222. The maximum atomic E-state index is 12.1. The van der Waals surface area contributed by atoms with E-state index in [4.69, 9.17) is 5.84 Å². The number of sulfone groups is 1. The molecule has 0 aliphatic carbocycles. The van der Waals surface area contributed by atoms with E-state index in [1.165, 1.54) is 6.26 Å². The fraction of sp³-hybridized carbons (Fsp3) is 0.250. The number of pyridine rings is 1. The molecule has 1 aromatic carbocycles. The van der Waals surface area contributed by atoms with Gasteiger partial charge in [0.2, 0.25) is 0 Å². The number of aromatic nitrogens is 1. The predicted molar refractivity (Wildman–Crippen MR) is 91.0 cm³/mol. The van der Waals surface area contributed by atoms with Crippen molar-refractivity contribution in [3.8, 4) is 0 Å². The quantitative estimate of drug-likeness (QED) is 0.370. The molecule has 7 heteroatoms. The zero-order valence-electron chi connectivity index (χ0n) is 13.2. The Morgan fingerprint density at radius 1 is 1.26 bits per heavy atom. The lowest BCUT2D eigenvalue weighted by molar-refractivity contribution is 0.601. The minimum Gasteiger partial charge on any atom is -0.308 e. The number of nitrogens with two attached hydrogens (primary N) is 1. The number of amidine groups is 1. The van der Waals surface area contributed by atoms with Crippen LogP contribution in [-0.4, -0.2) is 32.5 Å². The van der Waals surface area contributed by atoms with Gasteiger partial charge in [0.15, 0.2) is 9.84 Å². The number of nitrogens with one attached hydrogen (secondary N) is 1. The van der Waals surface area contributed by atoms with Crippen LogP contribution in [0.2, 0.25) is 0 Å². The molecule has 1 heterocycles. The highest BCUT2D eigenvalue weighted by atomic mass is 32.2. The average molecular weight is 332 g/mol. The molecule has 0 bridgehead atoms. The van der Waals surface area contributed by atoms with Gasteiger partial charge in [-0.3, -0.25) is 9.98 Å². The van der Waals surface area contributed by atoms with E-state index in [1.54, 1.807) is 31.6 Å². The summed E-state index contributed by atoms with van der Waals surface area (Å²) < 4.78 is 24.2. The Balaban J connectivity index is 2.46. The average Bonchev–Trinajstić information content (AvgIpc) is 2.54. The first kappa shape index (κ1) is 17.1. The van der Waals surface area contributed by atoms with Crippen LogP contribution >= 0.6 is 0 Å². The number of nitrogens with zero attached hydrogens (tertiary/aromatic N) is 2. The molecular weight excluding hydrogens is 312 g/mol. The summed E-state index contributed by atoms with van der Waals surface area (Å²) >= 11 is 0. The first-order valence-electron chi connectivity index (χ1n) is 7.12. The van der Waals surface area contributed by atoms with Crippen LogP contribution in [-0.2, 0) is 22.7 Å². The number of aliphatic imine (C=N–C) groups is 1. The maximum Gasteiger partial charge on any atom is 0.176 e. The van der Waals surface area contributed by atoms with E-state index in [0.717, 1.165) is 17.5 Å². The van der Waals surface area contributed by atoms with Crippen molar-refractivity contribution in [2.75, 3.05) is 13.3 Å². The van der Waals surface area contributed by atoms with E-state index in [1.807, 2.05) is 18.2 Å². The molecule has 0 spiro atoms. The number of hydrogen-bond acceptors (Lipinski definition) is 5. The van der Waals surface area contributed by atoms with Gasteiger partial charge in [0, 0.05) is 31.3 Å². The summed E-state index contributed by atoms with van der Waals surface area (Å²) in [7, 11) is -1.82. The van der Waals surface area contributed by atoms with Crippen molar-refractivity contribution < 1.29 is 8.42 Å². The molecule has 2 aromatic rings. The predicted octanol–water partition coefficient (Wildman–Crippen LogP) is 1.11. The van der Waals surface area contributed by atoms with Crippen LogP contribution in [0.1, 0.15) is 16.7 Å². The Bertz CT molecular complexity index is 802. The molecule has 0 fully saturated rings. The van der Waals surface area contributed by atoms with Gasteiger partial charge in [-0.1, -0.05) is 18.2 Å². The van der Waals surface area contributed by atoms with E-state index < -0.39 is 9.84 Å². The second kappa shape index (κ2) is 7.34. The van der Waals surface area contributed by atoms with Gasteiger partial charge >= 0.3 is 0 Å². The number of hydrogen-bond donors (Lipinski definition) is 2. The summed E-state index contributed by atoms with van der Waals surface area (Å²) in [5.41, 5.74) is 4.98. The van der Waals surface area contributed by atoms with Crippen molar-refractivity contribution in [1.29, 1.82) is 0 Å². The fourth-order valence-corrected chi connectivity index (χ4v) is 3.36. The topological polar surface area (TPSA) is 97.4 Å². The molecule has 0 amide bonds. The molecular formula is C16H20N4O2S. The molecule has 0 aliphatic rings. The van der Waals surface area contributed by atoms with Gasteiger partial charge in [-0.15, -0.1) is 0 Å². The van der Waals surface area contributed by atoms with Gasteiger partial charge in [0.05, 0.1) is 4.90 Å². The van der Waals surface area contributed by atoms with Gasteiger partial charge in [0.1, 0.15) is 5.84 Å². The fourth-order valence-electron chi connectivity index (χ4n) is 2.44. The summed E-state index contributed by atoms with van der Waals surface area (Å²) in [6.07, 6.45) is 6.11. The van der Waals surface area contributed by atoms with E-state index in [9.17, 15) is 8.42 Å². The first-order chi connectivity index (χ1) is 11.0. The molecule has 3 N–H and O–H groups in total. The number of benzene rings is 1. The van der Waals surface area contributed by atoms with Crippen molar-refractivity contribution in [3.63, 3.8) is 0 Å². The molecule has 1 aromatic heterocycles. The second-order valence-electron chi connectivity index (χ2n) is 5.14. The molecule has 6 nitrogen and oxygen atoms in total. The molecule has 0 aliphatic heterocycles. The van der Waals surface area contributed by atoms with E-state index in [0.29, 0.717) is 17.8 Å². The summed E-state index contributed by atoms with van der Waals surface area (Å²) in [5, 5.41) is 0. The van der Waals surface area contributed by atoms with Crippen molar-refractivity contribution >= 4 is 15.7 Å². The second-order valence-corrected chi connectivity index (χ2v) is 7.12. The van der Waals surface area contributed by atoms with Crippen LogP contribution in [0, 0.1) is 0 Å². The number of aryl methyl sites for hydroxylation is 2. The zero-order chi connectivity index (χ0) is 16.9. The standard InChI is InChI=1S/C16H20N4O2S/c1-18-16(20-17)15-13(6-3-7-14(15)23(2,21)22)9-8-12-5-4-10-19-11-12/h3-7,10-11H,8-9,17H2,1-2H3,(H,18,20). The Kier molecular flexibility index (Phi) is 5.46. The van der Waals surface area contributed by atoms with Crippen LogP contribution in [0.3, 0.4) is 0 Å². The van der Waals surface area contributed by atoms with Crippen molar-refractivity contribution in [2.24, 2.45) is 10.8 Å². The van der Waals surface area contributed by atoms with Crippen LogP contribution in [0.4, 0.5) is 0 Å². The summed E-state index contributed by atoms with van der Waals surface area (Å²) in [4.78, 5) is 8.38. The molecule has 0 saturated heterocycles. The Morgan fingerprint density at radius 3 is 2.61 bits per heavy atom. The molecule has 0 atom stereocenters. The summed E-state index contributed by atoms with van der Waals surface area (Å²) in [5.74, 6) is 5.87. The minimum atomic E-state index is -3.39. The third-order valence-corrected chi connectivity index (χ3v) is 4.65. The lowest BCUT2D eigenvalue weighted by Gasteiger charge is -2.15. The Hall–Kier alpha value is -2.25. The van der Waals surface area contributed by atoms with E-state index >= 15 is 0 Å². The van der Waals surface area contributed by atoms with E-state index in [2.05, 4.69) is 15.4 Å². The molecule has 2 rings (SSSR count). The van der Waals surface area contributed by atoms with Gasteiger partial charge in [-0.25, -0.2) is 14.3 Å². The van der Waals surface area contributed by atoms with Crippen molar-refractivity contribution in [2.45, 2.75) is 17.7 Å². The highest BCUT2D eigenvalue weighted by Gasteiger charge is 2.20. The molecule has 122 valence electrons. The highest BCUT2D eigenvalue weighted by molar-refractivity contribution is 7.90. The van der Waals surface area contributed by atoms with E-state index in [-0.39, 0.29) is 4.90 Å². The van der Waals surface area contributed by atoms with Gasteiger partial charge in [0.25, 0.3) is 0 Å². The lowest BCUT2D eigenvalue weighted by Crippen LogP contribution is -2.33. The van der Waals surface area contributed by atoms with Gasteiger partial charge < -0.3 is 5.43 Å². The Labute approximate surface area is 136 Å². The highest BCUT2D eigenvalue weighted by Crippen LogP contribution is 2.22. The largest absolute Gasteiger partial charge is 0.308 e. The third kappa shape index (κ3) is 4.14. The maximum absolute atomic E-state index is 12.1. The molecule has 0 saturated carbocycles. The SMILES string of the molecule is CN=C(NN)c1c(CCc2cccnc2)cccc1S(C)(=O)=O. The summed E-state index contributed by atoms with van der Waals surface area (Å²) in [6, 6.07) is 9.07. The first-order valence-corrected chi connectivity index (χ1v) is 9.01. The number of rotatable bonds is 5. The smallest absolute Gasteiger partial charge is 0.176 e.